The standard InChI is InChI=1S/C21H17ClF.Rb/c1-15-5-7-16(8-6-15)9-10-17-11-13-18(14-12-17)19-3-2-4-20(23)21(19)22;/h2-3,5-8,11-14H,9-10H2,1H3;/q-1;+1. The van der Waals surface area contributed by atoms with E-state index >= 15 is 0 Å². The van der Waals surface area contributed by atoms with E-state index in [9.17, 15) is 4.39 Å². The third kappa shape index (κ3) is 5.09. The van der Waals surface area contributed by atoms with E-state index in [0.29, 0.717) is 5.56 Å². The van der Waals surface area contributed by atoms with E-state index in [2.05, 4.69) is 49.4 Å². The molecule has 0 aromatic heterocycles. The first kappa shape index (κ1) is 20.0. The van der Waals surface area contributed by atoms with E-state index in [1.54, 1.807) is 12.1 Å². The number of rotatable bonds is 4. The van der Waals surface area contributed by atoms with Gasteiger partial charge in [-0.05, 0) is 41.5 Å². The topological polar surface area (TPSA) is 0 Å². The van der Waals surface area contributed by atoms with Crippen molar-refractivity contribution in [3.05, 3.63) is 94.3 Å². The molecule has 3 heteroatoms. The first-order valence-corrected chi connectivity index (χ1v) is 8.02. The van der Waals surface area contributed by atoms with Crippen LogP contribution in [0.3, 0.4) is 0 Å². The predicted octanol–water partition coefficient (Wildman–Crippen LogP) is 3.04. The summed E-state index contributed by atoms with van der Waals surface area (Å²) in [6.45, 7) is 2.10. The van der Waals surface area contributed by atoms with E-state index in [4.69, 9.17) is 11.6 Å². The fourth-order valence-electron chi connectivity index (χ4n) is 2.57. The molecule has 0 aliphatic rings. The maximum atomic E-state index is 13.5. The Morgan fingerprint density at radius 3 is 2.00 bits per heavy atom. The second-order valence-corrected chi connectivity index (χ2v) is 6.08. The first-order chi connectivity index (χ1) is 11.1. The van der Waals surface area contributed by atoms with E-state index in [1.807, 2.05) is 12.1 Å². The average molecular weight is 409 g/mol. The molecule has 0 heterocycles. The summed E-state index contributed by atoms with van der Waals surface area (Å²) in [7, 11) is 0. The number of hydrogen-bond donors (Lipinski definition) is 0. The molecule has 0 spiro atoms. The normalized spacial score (nSPS) is 10.3. The summed E-state index contributed by atoms with van der Waals surface area (Å²) in [6.07, 6.45) is 1.99. The molecule has 0 atom stereocenters. The van der Waals surface area contributed by atoms with Crippen molar-refractivity contribution in [2.75, 3.05) is 0 Å². The molecule has 24 heavy (non-hydrogen) atoms. The molecule has 3 aromatic rings. The molecule has 0 bridgehead atoms. The quantitative estimate of drug-likeness (QED) is 0.582. The van der Waals surface area contributed by atoms with Crippen molar-refractivity contribution in [1.29, 1.82) is 0 Å². The Labute approximate surface area is 196 Å². The molecule has 3 rings (SSSR count). The molecule has 0 N–H and O–H groups in total. The number of aryl methyl sites for hydroxylation is 3. The van der Waals surface area contributed by atoms with Crippen molar-refractivity contribution in [1.82, 2.24) is 0 Å². The van der Waals surface area contributed by atoms with Gasteiger partial charge in [0.15, 0.2) is 0 Å². The van der Waals surface area contributed by atoms with E-state index in [-0.39, 0.29) is 63.2 Å². The fraction of sp³-hybridized carbons (Fsp3) is 0.143. The van der Waals surface area contributed by atoms with Crippen LogP contribution in [-0.4, -0.2) is 0 Å². The Morgan fingerprint density at radius 2 is 1.42 bits per heavy atom. The molecule has 0 fully saturated rings. The van der Waals surface area contributed by atoms with Crippen molar-refractivity contribution in [3.63, 3.8) is 0 Å². The smallest absolute Gasteiger partial charge is 0.235 e. The minimum absolute atomic E-state index is 0. The van der Waals surface area contributed by atoms with Gasteiger partial charge >= 0.3 is 58.2 Å². The third-order valence-electron chi connectivity index (χ3n) is 3.98. The second-order valence-electron chi connectivity index (χ2n) is 5.70. The van der Waals surface area contributed by atoms with Crippen molar-refractivity contribution in [3.8, 4) is 11.1 Å². The van der Waals surface area contributed by atoms with Crippen molar-refractivity contribution >= 4 is 11.6 Å². The van der Waals surface area contributed by atoms with Crippen molar-refractivity contribution in [2.24, 2.45) is 0 Å². The molecule has 3 aromatic carbocycles. The van der Waals surface area contributed by atoms with Gasteiger partial charge in [-0.2, -0.15) is 23.7 Å². The Kier molecular flexibility index (Phi) is 7.84. The summed E-state index contributed by atoms with van der Waals surface area (Å²) in [6, 6.07) is 22.6. The van der Waals surface area contributed by atoms with Gasteiger partial charge in [0.25, 0.3) is 0 Å². The van der Waals surface area contributed by atoms with Crippen LogP contribution < -0.4 is 58.2 Å². The maximum absolute atomic E-state index is 13.5. The zero-order valence-corrected chi connectivity index (χ0v) is 19.6. The Hall–Kier alpha value is -0.315. The van der Waals surface area contributed by atoms with Gasteiger partial charge in [-0.15, -0.1) is 11.6 Å². The van der Waals surface area contributed by atoms with Crippen molar-refractivity contribution < 1.29 is 62.6 Å². The van der Waals surface area contributed by atoms with Gasteiger partial charge in [-0.3, -0.25) is 0 Å². The molecule has 0 radical (unpaired) electrons. The van der Waals surface area contributed by atoms with Gasteiger partial charge in [0.05, 0.1) is 0 Å². The number of halogens is 2. The molecule has 0 saturated carbocycles. The average Bonchev–Trinajstić information content (AvgIpc) is 2.57. The Balaban J connectivity index is 0.00000208. The van der Waals surface area contributed by atoms with Crippen LogP contribution in [-0.2, 0) is 12.8 Å². The molecular weight excluding hydrogens is 392 g/mol. The van der Waals surface area contributed by atoms with Crippen LogP contribution in [0.15, 0.2) is 60.7 Å². The zero-order chi connectivity index (χ0) is 16.2. The van der Waals surface area contributed by atoms with Gasteiger partial charge in [0, 0.05) is 5.82 Å². The molecular formula is C21H17ClFRb. The van der Waals surface area contributed by atoms with Gasteiger partial charge < -0.3 is 0 Å². The third-order valence-corrected chi connectivity index (χ3v) is 4.35. The summed E-state index contributed by atoms with van der Waals surface area (Å²) in [4.78, 5) is 0. The minimum Gasteiger partial charge on any atom is -0.235 e. The van der Waals surface area contributed by atoms with Crippen LogP contribution in [0.1, 0.15) is 16.7 Å². The monoisotopic (exact) mass is 408 g/mol. The molecule has 0 unspecified atom stereocenters. The molecule has 0 aliphatic heterocycles. The van der Waals surface area contributed by atoms with E-state index in [0.717, 1.165) is 18.4 Å². The Bertz CT molecular complexity index is 795. The SMILES string of the molecule is Cc1ccc(CCc2ccc(-c3cc[c-]c(F)c3Cl)cc2)cc1.[Rb+]. The van der Waals surface area contributed by atoms with Crippen LogP contribution >= 0.6 is 11.6 Å². The van der Waals surface area contributed by atoms with Crippen LogP contribution in [0.2, 0.25) is 5.02 Å². The molecule has 0 saturated heterocycles. The number of hydrogen-bond acceptors (Lipinski definition) is 0. The summed E-state index contributed by atoms with van der Waals surface area (Å²) < 4.78 is 13.5. The van der Waals surface area contributed by atoms with Gasteiger partial charge in [-0.25, -0.2) is 4.39 Å². The zero-order valence-electron chi connectivity index (χ0n) is 13.9. The van der Waals surface area contributed by atoms with E-state index in [1.165, 1.54) is 16.7 Å². The predicted molar refractivity (Wildman–Crippen MR) is 94.3 cm³/mol. The van der Waals surface area contributed by atoms with Gasteiger partial charge in [0.2, 0.25) is 0 Å². The molecule has 0 aliphatic carbocycles. The largest absolute Gasteiger partial charge is 1.00 e. The maximum Gasteiger partial charge on any atom is 1.00 e. The fourth-order valence-corrected chi connectivity index (χ4v) is 2.80. The number of benzene rings is 3. The first-order valence-electron chi connectivity index (χ1n) is 7.64. The van der Waals surface area contributed by atoms with Crippen LogP contribution in [0.5, 0.6) is 0 Å². The summed E-state index contributed by atoms with van der Waals surface area (Å²) in [5.41, 5.74) is 5.49. The van der Waals surface area contributed by atoms with Crippen LogP contribution in [0.4, 0.5) is 4.39 Å². The Morgan fingerprint density at radius 1 is 0.875 bits per heavy atom. The summed E-state index contributed by atoms with van der Waals surface area (Å²) >= 11 is 6.02. The molecule has 0 nitrogen and oxygen atoms in total. The molecule has 0 amide bonds. The summed E-state index contributed by atoms with van der Waals surface area (Å²) in [5.74, 6) is -0.507. The minimum atomic E-state index is -0.507. The second kappa shape index (κ2) is 9.40. The van der Waals surface area contributed by atoms with Gasteiger partial charge in [0.1, 0.15) is 0 Å². The van der Waals surface area contributed by atoms with E-state index < -0.39 is 5.82 Å². The van der Waals surface area contributed by atoms with Crippen LogP contribution in [0, 0.1) is 18.8 Å². The van der Waals surface area contributed by atoms with Gasteiger partial charge in [-0.1, -0.05) is 54.1 Å². The van der Waals surface area contributed by atoms with Crippen molar-refractivity contribution in [2.45, 2.75) is 19.8 Å². The van der Waals surface area contributed by atoms with Crippen LogP contribution in [0.25, 0.3) is 11.1 Å². The summed E-state index contributed by atoms with van der Waals surface area (Å²) in [5, 5.41) is 0.125. The molecule has 116 valence electrons.